The van der Waals surface area contributed by atoms with E-state index >= 15 is 0 Å². The number of nitrogens with zero attached hydrogens (tertiary/aromatic N) is 2. The Bertz CT molecular complexity index is 722. The Balaban J connectivity index is 1.55. The van der Waals surface area contributed by atoms with Crippen molar-refractivity contribution < 1.29 is 9.18 Å². The van der Waals surface area contributed by atoms with Crippen molar-refractivity contribution in [3.8, 4) is 11.3 Å². The number of hydrogen-bond donors (Lipinski definition) is 1. The average molecular weight is 327 g/mol. The maximum Gasteiger partial charge on any atom is 0.272 e. The quantitative estimate of drug-likeness (QED) is 0.906. The fourth-order valence-corrected chi connectivity index (χ4v) is 4.23. The minimum Gasteiger partial charge on any atom is -0.334 e. The lowest BCUT2D eigenvalue weighted by atomic mass is 9.78. The Labute approximate surface area is 141 Å². The van der Waals surface area contributed by atoms with Crippen LogP contribution in [0.4, 0.5) is 4.39 Å². The number of rotatable bonds is 2. The van der Waals surface area contributed by atoms with Gasteiger partial charge in [0.25, 0.3) is 5.91 Å². The van der Waals surface area contributed by atoms with Gasteiger partial charge in [0, 0.05) is 18.2 Å². The molecule has 1 aliphatic heterocycles. The van der Waals surface area contributed by atoms with Gasteiger partial charge in [0.15, 0.2) is 0 Å². The van der Waals surface area contributed by atoms with Gasteiger partial charge in [-0.25, -0.2) is 4.39 Å². The largest absolute Gasteiger partial charge is 0.334 e. The molecule has 1 amide bonds. The molecule has 126 valence electrons. The van der Waals surface area contributed by atoms with E-state index in [4.69, 9.17) is 0 Å². The van der Waals surface area contributed by atoms with Gasteiger partial charge in [-0.2, -0.15) is 5.10 Å². The van der Waals surface area contributed by atoms with Crippen molar-refractivity contribution in [3.63, 3.8) is 0 Å². The number of H-pyrrole nitrogens is 1. The van der Waals surface area contributed by atoms with Crippen molar-refractivity contribution in [3.05, 3.63) is 41.8 Å². The van der Waals surface area contributed by atoms with Crippen LogP contribution >= 0.6 is 0 Å². The number of hydrogen-bond acceptors (Lipinski definition) is 2. The number of amides is 1. The Morgan fingerprint density at radius 1 is 1.12 bits per heavy atom. The molecule has 0 spiro atoms. The highest BCUT2D eigenvalue weighted by molar-refractivity contribution is 5.93. The van der Waals surface area contributed by atoms with E-state index in [1.165, 1.54) is 37.8 Å². The van der Waals surface area contributed by atoms with E-state index < -0.39 is 0 Å². The number of piperidine rings is 1. The minimum atomic E-state index is -0.276. The van der Waals surface area contributed by atoms with Gasteiger partial charge < -0.3 is 4.90 Å². The molecule has 0 radical (unpaired) electrons. The molecule has 1 aliphatic carbocycles. The Hall–Kier alpha value is -2.17. The maximum atomic E-state index is 13.0. The second kappa shape index (κ2) is 6.38. The van der Waals surface area contributed by atoms with Crippen molar-refractivity contribution in [1.82, 2.24) is 15.1 Å². The lowest BCUT2D eigenvalue weighted by Crippen LogP contribution is -2.49. The number of carbonyl (C=O) groups excluding carboxylic acids is 1. The molecule has 1 N–H and O–H groups in total. The monoisotopic (exact) mass is 327 g/mol. The summed E-state index contributed by atoms with van der Waals surface area (Å²) in [5.74, 6) is 0.436. The third-order valence-corrected chi connectivity index (χ3v) is 5.45. The van der Waals surface area contributed by atoms with Crippen LogP contribution in [0.15, 0.2) is 30.3 Å². The molecule has 2 heterocycles. The summed E-state index contributed by atoms with van der Waals surface area (Å²) >= 11 is 0. The Kier molecular flexibility index (Phi) is 4.08. The lowest BCUT2D eigenvalue weighted by Gasteiger charge is -2.43. The van der Waals surface area contributed by atoms with Crippen LogP contribution in [0.3, 0.4) is 0 Å². The van der Waals surface area contributed by atoms with Crippen LogP contribution in [0.25, 0.3) is 11.3 Å². The van der Waals surface area contributed by atoms with Crippen molar-refractivity contribution >= 4 is 5.91 Å². The summed E-state index contributed by atoms with van der Waals surface area (Å²) < 4.78 is 13.0. The first-order chi connectivity index (χ1) is 11.7. The highest BCUT2D eigenvalue weighted by Gasteiger charge is 2.36. The van der Waals surface area contributed by atoms with E-state index in [0.717, 1.165) is 24.9 Å². The Morgan fingerprint density at radius 3 is 2.71 bits per heavy atom. The topological polar surface area (TPSA) is 49.0 Å². The van der Waals surface area contributed by atoms with Crippen LogP contribution in [0.1, 0.15) is 49.0 Å². The molecule has 4 nitrogen and oxygen atoms in total. The summed E-state index contributed by atoms with van der Waals surface area (Å²) in [7, 11) is 0. The number of nitrogens with one attached hydrogen (secondary N) is 1. The van der Waals surface area contributed by atoms with E-state index in [9.17, 15) is 9.18 Å². The average Bonchev–Trinajstić information content (AvgIpc) is 3.11. The molecule has 1 aromatic heterocycles. The van der Waals surface area contributed by atoms with E-state index in [-0.39, 0.29) is 11.7 Å². The second-order valence-electron chi connectivity index (χ2n) is 6.93. The first-order valence-electron chi connectivity index (χ1n) is 8.85. The maximum absolute atomic E-state index is 13.0. The van der Waals surface area contributed by atoms with Gasteiger partial charge in [0.05, 0.1) is 5.69 Å². The number of benzene rings is 1. The van der Waals surface area contributed by atoms with Crippen LogP contribution in [0.5, 0.6) is 0 Å². The molecule has 1 aromatic carbocycles. The molecule has 2 atom stereocenters. The van der Waals surface area contributed by atoms with E-state index in [1.54, 1.807) is 18.2 Å². The summed E-state index contributed by atoms with van der Waals surface area (Å²) in [5, 5.41) is 7.12. The summed E-state index contributed by atoms with van der Waals surface area (Å²) in [6, 6.07) is 8.33. The third-order valence-electron chi connectivity index (χ3n) is 5.45. The molecule has 2 unspecified atom stereocenters. The number of carbonyl (C=O) groups is 1. The van der Waals surface area contributed by atoms with E-state index in [0.29, 0.717) is 23.3 Å². The van der Waals surface area contributed by atoms with Crippen LogP contribution in [-0.2, 0) is 0 Å². The zero-order valence-electron chi connectivity index (χ0n) is 13.7. The number of likely N-dealkylation sites (tertiary alicyclic amines) is 1. The Morgan fingerprint density at radius 2 is 1.88 bits per heavy atom. The second-order valence-corrected chi connectivity index (χ2v) is 6.93. The molecule has 2 aliphatic rings. The van der Waals surface area contributed by atoms with Gasteiger partial charge in [0.2, 0.25) is 0 Å². The molecule has 4 rings (SSSR count). The molecule has 2 aromatic rings. The molecule has 0 bridgehead atoms. The molecular weight excluding hydrogens is 305 g/mol. The fourth-order valence-electron chi connectivity index (χ4n) is 4.23. The molecule has 1 saturated heterocycles. The van der Waals surface area contributed by atoms with Crippen molar-refractivity contribution in [2.75, 3.05) is 6.54 Å². The number of halogens is 1. The van der Waals surface area contributed by atoms with Crippen LogP contribution in [-0.4, -0.2) is 33.6 Å². The smallest absolute Gasteiger partial charge is 0.272 e. The SMILES string of the molecule is O=C(c1cc(-c2ccc(F)cc2)n[nH]1)N1CCCC2CCCCC21. The molecular formula is C19H22FN3O. The number of aromatic nitrogens is 2. The lowest BCUT2D eigenvalue weighted by molar-refractivity contribution is 0.0385. The fraction of sp³-hybridized carbons (Fsp3) is 0.474. The summed E-state index contributed by atoms with van der Waals surface area (Å²) in [6.07, 6.45) is 7.22. The van der Waals surface area contributed by atoms with Crippen LogP contribution < -0.4 is 0 Å². The van der Waals surface area contributed by atoms with Gasteiger partial charge >= 0.3 is 0 Å². The zero-order valence-corrected chi connectivity index (χ0v) is 13.7. The summed E-state index contributed by atoms with van der Waals surface area (Å²) in [4.78, 5) is 15.0. The first kappa shape index (κ1) is 15.4. The first-order valence-corrected chi connectivity index (χ1v) is 8.85. The highest BCUT2D eigenvalue weighted by atomic mass is 19.1. The van der Waals surface area contributed by atoms with E-state index in [2.05, 4.69) is 15.1 Å². The molecule has 24 heavy (non-hydrogen) atoms. The van der Waals surface area contributed by atoms with Crippen molar-refractivity contribution in [2.45, 2.75) is 44.6 Å². The van der Waals surface area contributed by atoms with Crippen molar-refractivity contribution in [2.24, 2.45) is 5.92 Å². The molecule has 1 saturated carbocycles. The summed E-state index contributed by atoms with van der Waals surface area (Å²) in [6.45, 7) is 0.838. The predicted octanol–water partition coefficient (Wildman–Crippen LogP) is 4.01. The summed E-state index contributed by atoms with van der Waals surface area (Å²) in [5.41, 5.74) is 2.01. The highest BCUT2D eigenvalue weighted by Crippen LogP contribution is 2.36. The zero-order chi connectivity index (χ0) is 16.5. The van der Waals surface area contributed by atoms with Crippen molar-refractivity contribution in [1.29, 1.82) is 0 Å². The molecule has 5 heteroatoms. The minimum absolute atomic E-state index is 0.0486. The van der Waals surface area contributed by atoms with Gasteiger partial charge in [-0.15, -0.1) is 0 Å². The van der Waals surface area contributed by atoms with Gasteiger partial charge in [-0.1, -0.05) is 12.8 Å². The van der Waals surface area contributed by atoms with Gasteiger partial charge in [-0.3, -0.25) is 9.89 Å². The predicted molar refractivity (Wildman–Crippen MR) is 90.0 cm³/mol. The van der Waals surface area contributed by atoms with E-state index in [1.807, 2.05) is 0 Å². The standard InChI is InChI=1S/C19H22FN3O/c20-15-9-7-13(8-10-15)16-12-17(22-21-16)19(24)23-11-3-5-14-4-1-2-6-18(14)23/h7-10,12,14,18H,1-6,11H2,(H,21,22). The number of fused-ring (bicyclic) bond motifs is 1. The normalized spacial score (nSPS) is 23.8. The van der Waals surface area contributed by atoms with Crippen LogP contribution in [0.2, 0.25) is 0 Å². The number of aromatic amines is 1. The van der Waals surface area contributed by atoms with Crippen LogP contribution in [0, 0.1) is 11.7 Å². The van der Waals surface area contributed by atoms with Gasteiger partial charge in [-0.05, 0) is 61.9 Å². The molecule has 2 fully saturated rings. The van der Waals surface area contributed by atoms with Gasteiger partial charge in [0.1, 0.15) is 11.5 Å². The third kappa shape index (κ3) is 2.83.